The van der Waals surface area contributed by atoms with E-state index in [4.69, 9.17) is 4.74 Å². The summed E-state index contributed by atoms with van der Waals surface area (Å²) in [6, 6.07) is 2.93. The van der Waals surface area contributed by atoms with Gasteiger partial charge < -0.3 is 15.2 Å². The first-order valence-corrected chi connectivity index (χ1v) is 7.99. The maximum atomic E-state index is 13.7. The Morgan fingerprint density at radius 3 is 2.83 bits per heavy atom. The van der Waals surface area contributed by atoms with E-state index in [2.05, 4.69) is 5.32 Å². The molecule has 2 rings (SSSR count). The van der Waals surface area contributed by atoms with Gasteiger partial charge >= 0.3 is 6.09 Å². The molecule has 0 saturated carbocycles. The molecule has 24 heavy (non-hydrogen) atoms. The van der Waals surface area contributed by atoms with Gasteiger partial charge in [-0.25, -0.2) is 13.6 Å². The Kier molecular flexibility index (Phi) is 5.77. The van der Waals surface area contributed by atoms with Crippen LogP contribution in [-0.2, 0) is 4.74 Å². The van der Waals surface area contributed by atoms with Gasteiger partial charge in [-0.2, -0.15) is 0 Å². The number of likely N-dealkylation sites (tertiary alicyclic amines) is 1. The molecule has 0 aliphatic carbocycles. The van der Waals surface area contributed by atoms with Crippen LogP contribution in [0.4, 0.5) is 13.6 Å². The summed E-state index contributed by atoms with van der Waals surface area (Å²) in [5.41, 5.74) is -0.619. The van der Waals surface area contributed by atoms with Crippen molar-refractivity contribution < 1.29 is 23.4 Å². The van der Waals surface area contributed by atoms with Crippen molar-refractivity contribution in [2.75, 3.05) is 19.6 Å². The molecule has 1 aliphatic heterocycles. The summed E-state index contributed by atoms with van der Waals surface area (Å²) in [6.07, 6.45) is -0.899. The highest BCUT2D eigenvalue weighted by molar-refractivity contribution is 5.68. The van der Waals surface area contributed by atoms with Gasteiger partial charge in [0.15, 0.2) is 0 Å². The lowest BCUT2D eigenvalue weighted by molar-refractivity contribution is 0.0504. The number of nitrogens with one attached hydrogen (secondary N) is 1. The van der Waals surface area contributed by atoms with E-state index in [1.165, 1.54) is 0 Å². The fourth-order valence-electron chi connectivity index (χ4n) is 2.70. The third kappa shape index (κ3) is 5.42. The number of alkyl carbamates (subject to hydrolysis) is 1. The van der Waals surface area contributed by atoms with Gasteiger partial charge in [0.2, 0.25) is 0 Å². The minimum Gasteiger partial charge on any atom is -0.444 e. The zero-order chi connectivity index (χ0) is 17.9. The quantitative estimate of drug-likeness (QED) is 0.883. The fourth-order valence-corrected chi connectivity index (χ4v) is 2.70. The number of aliphatic hydroxyl groups excluding tert-OH is 1. The molecule has 1 amide bonds. The van der Waals surface area contributed by atoms with E-state index >= 15 is 0 Å². The number of hydrogen-bond acceptors (Lipinski definition) is 4. The number of nitrogens with zero attached hydrogens (tertiary/aromatic N) is 1. The molecule has 7 heteroatoms. The Labute approximate surface area is 140 Å². The number of ether oxygens (including phenoxy) is 1. The molecular formula is C17H24F2N2O3. The predicted molar refractivity (Wildman–Crippen MR) is 85.5 cm³/mol. The standard InChI is InChI=1S/C17H24F2N2O3/c1-17(2,3)24-16(23)20-12-6-7-21(9-12)10-15(22)13-8-11(18)4-5-14(13)19/h4-5,8,12,15,22H,6-7,9-10H2,1-3H3,(H,20,23). The Morgan fingerprint density at radius 2 is 2.17 bits per heavy atom. The van der Waals surface area contributed by atoms with Gasteiger partial charge in [0.1, 0.15) is 17.2 Å². The van der Waals surface area contributed by atoms with Gasteiger partial charge in [-0.1, -0.05) is 0 Å². The van der Waals surface area contributed by atoms with E-state index in [0.29, 0.717) is 19.5 Å². The van der Waals surface area contributed by atoms with Gasteiger partial charge in [-0.15, -0.1) is 0 Å². The Morgan fingerprint density at radius 1 is 1.46 bits per heavy atom. The average molecular weight is 342 g/mol. The first-order chi connectivity index (χ1) is 11.1. The van der Waals surface area contributed by atoms with Crippen LogP contribution in [-0.4, -0.2) is 47.4 Å². The number of amides is 1. The normalized spacial score (nSPS) is 20.0. The molecular weight excluding hydrogens is 318 g/mol. The monoisotopic (exact) mass is 342 g/mol. The van der Waals surface area contributed by atoms with Crippen LogP contribution in [0.25, 0.3) is 0 Å². The smallest absolute Gasteiger partial charge is 0.407 e. The molecule has 2 unspecified atom stereocenters. The molecule has 2 N–H and O–H groups in total. The van der Waals surface area contributed by atoms with Gasteiger partial charge in [-0.05, 0) is 45.4 Å². The number of hydrogen-bond donors (Lipinski definition) is 2. The zero-order valence-electron chi connectivity index (χ0n) is 14.2. The number of carbonyl (C=O) groups excluding carboxylic acids is 1. The van der Waals surface area contributed by atoms with Crippen molar-refractivity contribution in [1.82, 2.24) is 10.2 Å². The van der Waals surface area contributed by atoms with E-state index in [-0.39, 0.29) is 18.2 Å². The SMILES string of the molecule is CC(C)(C)OC(=O)NC1CCN(CC(O)c2cc(F)ccc2F)C1. The van der Waals surface area contributed by atoms with Crippen molar-refractivity contribution in [2.24, 2.45) is 0 Å². The molecule has 5 nitrogen and oxygen atoms in total. The maximum Gasteiger partial charge on any atom is 0.407 e. The molecule has 1 heterocycles. The van der Waals surface area contributed by atoms with Crippen LogP contribution in [0.3, 0.4) is 0 Å². The first kappa shape index (κ1) is 18.6. The van der Waals surface area contributed by atoms with Crippen molar-refractivity contribution in [3.05, 3.63) is 35.4 Å². The van der Waals surface area contributed by atoms with Crippen LogP contribution in [0.1, 0.15) is 38.9 Å². The van der Waals surface area contributed by atoms with E-state index in [1.54, 1.807) is 20.8 Å². The van der Waals surface area contributed by atoms with Crippen molar-refractivity contribution >= 4 is 6.09 Å². The van der Waals surface area contributed by atoms with Gasteiger partial charge in [0.25, 0.3) is 0 Å². The summed E-state index contributed by atoms with van der Waals surface area (Å²) in [4.78, 5) is 13.7. The third-order valence-corrected chi connectivity index (χ3v) is 3.74. The molecule has 0 spiro atoms. The molecule has 0 aromatic heterocycles. The summed E-state index contributed by atoms with van der Waals surface area (Å²) < 4.78 is 32.1. The Bertz CT molecular complexity index is 590. The number of rotatable bonds is 4. The Balaban J connectivity index is 1.85. The van der Waals surface area contributed by atoms with Gasteiger partial charge in [0.05, 0.1) is 6.10 Å². The van der Waals surface area contributed by atoms with Gasteiger partial charge in [0, 0.05) is 31.2 Å². The van der Waals surface area contributed by atoms with Crippen molar-refractivity contribution in [3.63, 3.8) is 0 Å². The highest BCUT2D eigenvalue weighted by Gasteiger charge is 2.28. The van der Waals surface area contributed by atoms with Crippen LogP contribution in [0, 0.1) is 11.6 Å². The van der Waals surface area contributed by atoms with Crippen molar-refractivity contribution in [3.8, 4) is 0 Å². The molecule has 1 aromatic rings. The number of halogens is 2. The lowest BCUT2D eigenvalue weighted by atomic mass is 10.1. The molecule has 2 atom stereocenters. The van der Waals surface area contributed by atoms with Crippen LogP contribution < -0.4 is 5.32 Å². The number of benzene rings is 1. The fraction of sp³-hybridized carbons (Fsp3) is 0.588. The van der Waals surface area contributed by atoms with E-state index < -0.39 is 29.4 Å². The minimum atomic E-state index is -1.12. The second-order valence-corrected chi connectivity index (χ2v) is 7.07. The van der Waals surface area contributed by atoms with Crippen LogP contribution >= 0.6 is 0 Å². The maximum absolute atomic E-state index is 13.7. The summed E-state index contributed by atoms with van der Waals surface area (Å²) >= 11 is 0. The lowest BCUT2D eigenvalue weighted by Gasteiger charge is -2.23. The molecule has 134 valence electrons. The second kappa shape index (κ2) is 7.44. The van der Waals surface area contributed by atoms with Crippen LogP contribution in [0.15, 0.2) is 18.2 Å². The third-order valence-electron chi connectivity index (χ3n) is 3.74. The highest BCUT2D eigenvalue weighted by Crippen LogP contribution is 2.21. The Hall–Kier alpha value is -1.73. The second-order valence-electron chi connectivity index (χ2n) is 7.07. The number of β-amino-alcohol motifs (C(OH)–C–C–N with tert-alkyl or cyclic N) is 1. The molecule has 1 aromatic carbocycles. The van der Waals surface area contributed by atoms with E-state index in [0.717, 1.165) is 18.2 Å². The number of carbonyl (C=O) groups is 1. The summed E-state index contributed by atoms with van der Waals surface area (Å²) in [5.74, 6) is -1.22. The van der Waals surface area contributed by atoms with Crippen molar-refractivity contribution in [1.29, 1.82) is 0 Å². The van der Waals surface area contributed by atoms with E-state index in [9.17, 15) is 18.7 Å². The summed E-state index contributed by atoms with van der Waals surface area (Å²) in [5, 5.41) is 12.9. The van der Waals surface area contributed by atoms with Crippen molar-refractivity contribution in [2.45, 2.75) is 44.9 Å². The van der Waals surface area contributed by atoms with Crippen LogP contribution in [0.2, 0.25) is 0 Å². The topological polar surface area (TPSA) is 61.8 Å². The lowest BCUT2D eigenvalue weighted by Crippen LogP contribution is -2.40. The van der Waals surface area contributed by atoms with E-state index in [1.807, 2.05) is 4.90 Å². The first-order valence-electron chi connectivity index (χ1n) is 7.99. The summed E-state index contributed by atoms with van der Waals surface area (Å²) in [6.45, 7) is 6.71. The molecule has 1 saturated heterocycles. The average Bonchev–Trinajstić information content (AvgIpc) is 2.86. The molecule has 0 bridgehead atoms. The van der Waals surface area contributed by atoms with Crippen LogP contribution in [0.5, 0.6) is 0 Å². The zero-order valence-corrected chi connectivity index (χ0v) is 14.2. The molecule has 0 radical (unpaired) electrons. The minimum absolute atomic E-state index is 0.0569. The largest absolute Gasteiger partial charge is 0.444 e. The number of aliphatic hydroxyl groups is 1. The highest BCUT2D eigenvalue weighted by atomic mass is 19.1. The summed E-state index contributed by atoms with van der Waals surface area (Å²) in [7, 11) is 0. The molecule has 1 fully saturated rings. The van der Waals surface area contributed by atoms with Gasteiger partial charge in [-0.3, -0.25) is 4.90 Å². The predicted octanol–water partition coefficient (Wildman–Crippen LogP) is 2.60. The molecule has 1 aliphatic rings.